The van der Waals surface area contributed by atoms with Gasteiger partial charge in [-0.2, -0.15) is 0 Å². The average Bonchev–Trinajstić information content (AvgIpc) is 3.25. The average molecular weight is 466 g/mol. The van der Waals surface area contributed by atoms with Crippen LogP contribution in [0.2, 0.25) is 0 Å². The lowest BCUT2D eigenvalue weighted by molar-refractivity contribution is 0.218. The second-order valence-electron chi connectivity index (χ2n) is 8.36. The van der Waals surface area contributed by atoms with Gasteiger partial charge in [0.25, 0.3) is 0 Å². The van der Waals surface area contributed by atoms with E-state index in [-0.39, 0.29) is 23.5 Å². The zero-order valence-electron chi connectivity index (χ0n) is 18.7. The molecular formula is C24H21F3N6O. The lowest BCUT2D eigenvalue weighted by Gasteiger charge is -2.18. The Morgan fingerprint density at radius 2 is 1.76 bits per heavy atom. The highest BCUT2D eigenvalue weighted by Crippen LogP contribution is 2.38. The molecule has 0 aliphatic carbocycles. The Kier molecular flexibility index (Phi) is 4.96. The molecule has 2 amide bonds. The van der Waals surface area contributed by atoms with E-state index >= 15 is 4.39 Å². The summed E-state index contributed by atoms with van der Waals surface area (Å²) in [5.74, 6) is -1.23. The summed E-state index contributed by atoms with van der Waals surface area (Å²) >= 11 is 0. The SMILES string of the molecule is Cc1nc(N)c2c(-c3ccc(N4CC(c5ccc(F)cc5F)N(C)C4=O)cc3F)cn(C)c2n1. The van der Waals surface area contributed by atoms with Crippen molar-refractivity contribution >= 4 is 28.6 Å². The lowest BCUT2D eigenvalue weighted by Crippen LogP contribution is -2.29. The van der Waals surface area contributed by atoms with Crippen LogP contribution < -0.4 is 10.6 Å². The molecule has 1 fully saturated rings. The number of rotatable bonds is 3. The fourth-order valence-corrected chi connectivity index (χ4v) is 4.50. The fraction of sp³-hybridized carbons (Fsp3) is 0.208. The Bertz CT molecular complexity index is 1470. The molecule has 10 heteroatoms. The summed E-state index contributed by atoms with van der Waals surface area (Å²) in [6.07, 6.45) is 1.73. The molecule has 1 atom stereocenters. The largest absolute Gasteiger partial charge is 0.383 e. The van der Waals surface area contributed by atoms with Crippen molar-refractivity contribution < 1.29 is 18.0 Å². The first kappa shape index (κ1) is 21.7. The predicted molar refractivity (Wildman–Crippen MR) is 123 cm³/mol. The summed E-state index contributed by atoms with van der Waals surface area (Å²) in [5, 5.41) is 0.545. The molecule has 1 unspecified atom stereocenters. The molecule has 174 valence electrons. The first-order valence-corrected chi connectivity index (χ1v) is 10.5. The van der Waals surface area contributed by atoms with Gasteiger partial charge >= 0.3 is 6.03 Å². The molecule has 4 aromatic rings. The Morgan fingerprint density at radius 1 is 1.00 bits per heavy atom. The van der Waals surface area contributed by atoms with Crippen molar-refractivity contribution in [1.82, 2.24) is 19.4 Å². The number of amides is 2. The van der Waals surface area contributed by atoms with Crippen LogP contribution in [0.3, 0.4) is 0 Å². The maximum Gasteiger partial charge on any atom is 0.324 e. The highest BCUT2D eigenvalue weighted by molar-refractivity contribution is 6.01. The third-order valence-electron chi connectivity index (χ3n) is 6.19. The van der Waals surface area contributed by atoms with Crippen LogP contribution in [0.5, 0.6) is 0 Å². The van der Waals surface area contributed by atoms with Crippen molar-refractivity contribution in [3.8, 4) is 11.1 Å². The number of carbonyl (C=O) groups is 1. The molecular weight excluding hydrogens is 445 g/mol. The third-order valence-corrected chi connectivity index (χ3v) is 6.19. The summed E-state index contributed by atoms with van der Waals surface area (Å²) in [4.78, 5) is 24.2. The molecule has 2 aromatic heterocycles. The van der Waals surface area contributed by atoms with Gasteiger partial charge in [0.05, 0.1) is 18.0 Å². The predicted octanol–water partition coefficient (Wildman–Crippen LogP) is 4.56. The van der Waals surface area contributed by atoms with Crippen molar-refractivity contribution in [3.05, 3.63) is 71.4 Å². The number of hydrogen-bond acceptors (Lipinski definition) is 4. The quantitative estimate of drug-likeness (QED) is 0.480. The molecule has 2 N–H and O–H groups in total. The van der Waals surface area contributed by atoms with Crippen LogP contribution in [0.4, 0.5) is 29.5 Å². The van der Waals surface area contributed by atoms with Gasteiger partial charge < -0.3 is 15.2 Å². The van der Waals surface area contributed by atoms with Crippen LogP contribution in [0.15, 0.2) is 42.6 Å². The molecule has 1 aliphatic heterocycles. The van der Waals surface area contributed by atoms with E-state index in [0.29, 0.717) is 28.1 Å². The number of urea groups is 1. The van der Waals surface area contributed by atoms with Crippen molar-refractivity contribution in [1.29, 1.82) is 0 Å². The Morgan fingerprint density at radius 3 is 2.47 bits per heavy atom. The second kappa shape index (κ2) is 7.75. The van der Waals surface area contributed by atoms with Crippen LogP contribution in [-0.2, 0) is 7.05 Å². The monoisotopic (exact) mass is 466 g/mol. The number of nitrogen functional groups attached to an aromatic ring is 1. The van der Waals surface area contributed by atoms with E-state index < -0.39 is 29.5 Å². The minimum atomic E-state index is -0.737. The Balaban J connectivity index is 1.51. The first-order chi connectivity index (χ1) is 16.2. The van der Waals surface area contributed by atoms with Crippen LogP contribution in [0.1, 0.15) is 17.4 Å². The molecule has 0 saturated carbocycles. The number of anilines is 2. The smallest absolute Gasteiger partial charge is 0.324 e. The Hall–Kier alpha value is -4.08. The molecule has 7 nitrogen and oxygen atoms in total. The van der Waals surface area contributed by atoms with E-state index in [1.165, 1.54) is 29.0 Å². The first-order valence-electron chi connectivity index (χ1n) is 10.5. The maximum absolute atomic E-state index is 15.3. The summed E-state index contributed by atoms with van der Waals surface area (Å²) in [6, 6.07) is 6.64. The number of benzene rings is 2. The van der Waals surface area contributed by atoms with Crippen molar-refractivity contribution in [2.75, 3.05) is 24.2 Å². The third kappa shape index (κ3) is 3.33. The van der Waals surface area contributed by atoms with Crippen molar-refractivity contribution in [2.45, 2.75) is 13.0 Å². The number of aryl methyl sites for hydroxylation is 2. The summed E-state index contributed by atoms with van der Waals surface area (Å²) in [7, 11) is 3.32. The standard InChI is InChI=1S/C24H21F3N6O/c1-12-29-22(28)21-17(10-31(2)23(21)30-12)15-7-5-14(9-19(15)27)33-11-20(32(3)24(33)34)16-6-4-13(25)8-18(16)26/h4-10,20H,11H2,1-3H3,(H2,28,29,30). The van der Waals surface area contributed by atoms with Gasteiger partial charge in [-0.1, -0.05) is 6.07 Å². The molecule has 5 rings (SSSR count). The summed E-state index contributed by atoms with van der Waals surface area (Å²) < 4.78 is 44.8. The number of likely N-dealkylation sites (N-methyl/N-ethyl adjacent to an activating group) is 1. The number of fused-ring (bicyclic) bond motifs is 1. The number of carbonyl (C=O) groups excluding carboxylic acids is 1. The topological polar surface area (TPSA) is 80.3 Å². The molecule has 0 bridgehead atoms. The van der Waals surface area contributed by atoms with Gasteiger partial charge in [-0.25, -0.2) is 27.9 Å². The van der Waals surface area contributed by atoms with Crippen LogP contribution in [-0.4, -0.2) is 39.1 Å². The molecule has 1 aliphatic rings. The van der Waals surface area contributed by atoms with Crippen molar-refractivity contribution in [3.63, 3.8) is 0 Å². The number of nitrogens with zero attached hydrogens (tertiary/aromatic N) is 5. The van der Waals surface area contributed by atoms with Crippen LogP contribution in [0.25, 0.3) is 22.2 Å². The number of halogens is 3. The normalized spacial score (nSPS) is 16.2. The second-order valence-corrected chi connectivity index (χ2v) is 8.36. The van der Waals surface area contributed by atoms with Gasteiger partial charge in [-0.15, -0.1) is 0 Å². The van der Waals surface area contributed by atoms with E-state index in [2.05, 4.69) is 9.97 Å². The molecule has 0 spiro atoms. The van der Waals surface area contributed by atoms with Crippen molar-refractivity contribution in [2.24, 2.45) is 7.05 Å². The summed E-state index contributed by atoms with van der Waals surface area (Å²) in [6.45, 7) is 1.82. The zero-order valence-corrected chi connectivity index (χ0v) is 18.7. The van der Waals surface area contributed by atoms with Crippen LogP contribution in [0, 0.1) is 24.4 Å². The van der Waals surface area contributed by atoms with Gasteiger partial charge in [0.15, 0.2) is 0 Å². The summed E-state index contributed by atoms with van der Waals surface area (Å²) in [5.41, 5.74) is 8.04. The maximum atomic E-state index is 15.3. The van der Waals surface area contributed by atoms with E-state index in [1.807, 2.05) is 0 Å². The van der Waals surface area contributed by atoms with E-state index in [1.54, 1.807) is 36.9 Å². The van der Waals surface area contributed by atoms with E-state index in [0.717, 1.165) is 12.1 Å². The lowest BCUT2D eigenvalue weighted by atomic mass is 10.0. The van der Waals surface area contributed by atoms with Crippen LogP contribution >= 0.6 is 0 Å². The molecule has 1 saturated heterocycles. The molecule has 3 heterocycles. The zero-order chi connectivity index (χ0) is 24.3. The number of aromatic nitrogens is 3. The van der Waals surface area contributed by atoms with Gasteiger partial charge in [0.1, 0.15) is 34.7 Å². The van der Waals surface area contributed by atoms with Gasteiger partial charge in [-0.3, -0.25) is 4.90 Å². The van der Waals surface area contributed by atoms with E-state index in [9.17, 15) is 13.6 Å². The van der Waals surface area contributed by atoms with Gasteiger partial charge in [-0.05, 0) is 31.2 Å². The minimum absolute atomic E-state index is 0.0883. The Labute approximate surface area is 193 Å². The van der Waals surface area contributed by atoms with Gasteiger partial charge in [0.2, 0.25) is 0 Å². The molecule has 34 heavy (non-hydrogen) atoms. The minimum Gasteiger partial charge on any atom is -0.383 e. The van der Waals surface area contributed by atoms with E-state index in [4.69, 9.17) is 5.73 Å². The molecule has 0 radical (unpaired) electrons. The van der Waals surface area contributed by atoms with Gasteiger partial charge in [0, 0.05) is 48.7 Å². The number of nitrogens with two attached hydrogens (primary N) is 1. The molecule has 2 aromatic carbocycles. The fourth-order valence-electron chi connectivity index (χ4n) is 4.50. The highest BCUT2D eigenvalue weighted by Gasteiger charge is 2.38. The number of hydrogen-bond donors (Lipinski definition) is 1. The highest BCUT2D eigenvalue weighted by atomic mass is 19.1.